The van der Waals surface area contributed by atoms with Crippen molar-refractivity contribution in [1.29, 1.82) is 0 Å². The Morgan fingerprint density at radius 2 is 1.39 bits per heavy atom. The zero-order valence-electron chi connectivity index (χ0n) is 14.0. The lowest BCUT2D eigenvalue weighted by molar-refractivity contribution is -0.132. The van der Waals surface area contributed by atoms with Gasteiger partial charge in [-0.2, -0.15) is 26.3 Å². The predicted molar refractivity (Wildman–Crippen MR) is 88.5 cm³/mol. The first-order valence-corrected chi connectivity index (χ1v) is 9.12. The summed E-state index contributed by atoms with van der Waals surface area (Å²) in [6.07, 6.45) is -11.3. The molecule has 0 aliphatic heterocycles. The largest absolute Gasteiger partial charge is 0.454 e. The number of nitrogens with zero attached hydrogens (tertiary/aromatic N) is 1. The van der Waals surface area contributed by atoms with Gasteiger partial charge >= 0.3 is 12.4 Å². The quantitative estimate of drug-likeness (QED) is 0.503. The lowest BCUT2D eigenvalue weighted by atomic mass is 10.1. The highest BCUT2D eigenvalue weighted by Crippen LogP contribution is 2.29. The number of rotatable bonds is 6. The molecule has 4 nitrogen and oxygen atoms in total. The molecule has 0 bridgehead atoms. The Kier molecular flexibility index (Phi) is 6.07. The van der Waals surface area contributed by atoms with E-state index in [-0.39, 0.29) is 10.6 Å². The van der Waals surface area contributed by atoms with Crippen LogP contribution in [0.15, 0.2) is 59.5 Å². The minimum Gasteiger partial charge on any atom is -0.284 e. The molecule has 0 heterocycles. The topological polar surface area (TPSA) is 54.5 Å². The fourth-order valence-corrected chi connectivity index (χ4v) is 3.77. The molecule has 0 aromatic heterocycles. The number of sulfonamides is 1. The van der Waals surface area contributed by atoms with Crippen LogP contribution in [0.2, 0.25) is 0 Å². The Labute approximate surface area is 156 Å². The van der Waals surface area contributed by atoms with E-state index in [1.54, 1.807) is 0 Å². The Balaban J connectivity index is 2.44. The van der Waals surface area contributed by atoms with Gasteiger partial charge in [-0.15, -0.1) is 0 Å². The van der Waals surface area contributed by atoms with Gasteiger partial charge < -0.3 is 0 Å². The number of benzene rings is 2. The molecule has 0 aliphatic rings. The smallest absolute Gasteiger partial charge is 0.284 e. The summed E-state index contributed by atoms with van der Waals surface area (Å²) in [6.45, 7) is -0.979. The standard InChI is InChI=1S/C17H13F6NO3S/c18-16(19,20)10-11-24(28(26,27)14-4-2-1-3-5-14)13-8-6-12(7-9-13)15(25)17(21,22)23/h1-9H,10-11H2. The third kappa shape index (κ3) is 5.24. The molecule has 0 unspecified atom stereocenters. The summed E-state index contributed by atoms with van der Waals surface area (Å²) in [6, 6.07) is 9.76. The van der Waals surface area contributed by atoms with Crippen molar-refractivity contribution < 1.29 is 39.6 Å². The molecular formula is C17H13F6NO3S. The maximum Gasteiger partial charge on any atom is 0.454 e. The number of Topliss-reactive ketones (excluding diaryl/α,β-unsaturated/α-hetero) is 1. The van der Waals surface area contributed by atoms with Gasteiger partial charge in [0.1, 0.15) is 0 Å². The molecule has 0 spiro atoms. The van der Waals surface area contributed by atoms with Crippen LogP contribution in [-0.2, 0) is 10.0 Å². The normalized spacial score (nSPS) is 12.6. The van der Waals surface area contributed by atoms with E-state index < -0.39 is 46.7 Å². The molecule has 0 aliphatic carbocycles. The van der Waals surface area contributed by atoms with Gasteiger partial charge in [0.25, 0.3) is 15.8 Å². The third-order valence-corrected chi connectivity index (χ3v) is 5.45. The number of carbonyl (C=O) groups is 1. The summed E-state index contributed by atoms with van der Waals surface area (Å²) in [5, 5.41) is 0. The van der Waals surface area contributed by atoms with Crippen LogP contribution in [0.25, 0.3) is 0 Å². The molecule has 0 atom stereocenters. The first-order valence-electron chi connectivity index (χ1n) is 7.68. The van der Waals surface area contributed by atoms with E-state index in [4.69, 9.17) is 0 Å². The molecule has 0 amide bonds. The summed E-state index contributed by atoms with van der Waals surface area (Å²) in [7, 11) is -4.41. The van der Waals surface area contributed by atoms with E-state index in [1.807, 2.05) is 0 Å². The second-order valence-electron chi connectivity index (χ2n) is 5.63. The van der Waals surface area contributed by atoms with Crippen molar-refractivity contribution in [3.05, 3.63) is 60.2 Å². The van der Waals surface area contributed by atoms with Crippen LogP contribution in [0.3, 0.4) is 0 Å². The minimum atomic E-state index is -5.13. The Morgan fingerprint density at radius 3 is 1.86 bits per heavy atom. The van der Waals surface area contributed by atoms with E-state index in [0.717, 1.165) is 12.1 Å². The summed E-state index contributed by atoms with van der Waals surface area (Å²) in [5.41, 5.74) is -1.06. The molecule has 11 heteroatoms. The van der Waals surface area contributed by atoms with E-state index >= 15 is 0 Å². The molecule has 2 aromatic rings. The number of hydrogen-bond donors (Lipinski definition) is 0. The van der Waals surface area contributed by atoms with Crippen molar-refractivity contribution in [3.8, 4) is 0 Å². The van der Waals surface area contributed by atoms with Crippen LogP contribution < -0.4 is 4.31 Å². The van der Waals surface area contributed by atoms with Crippen molar-refractivity contribution in [2.45, 2.75) is 23.7 Å². The molecule has 0 saturated carbocycles. The van der Waals surface area contributed by atoms with E-state index in [1.165, 1.54) is 30.3 Å². The Hall–Kier alpha value is -2.56. The SMILES string of the molecule is O=C(c1ccc(N(CCC(F)(F)F)S(=O)(=O)c2ccccc2)cc1)C(F)(F)F. The number of hydrogen-bond acceptors (Lipinski definition) is 3. The van der Waals surface area contributed by atoms with Crippen molar-refractivity contribution in [2.24, 2.45) is 0 Å². The van der Waals surface area contributed by atoms with Gasteiger partial charge in [0.05, 0.1) is 17.0 Å². The van der Waals surface area contributed by atoms with Gasteiger partial charge in [-0.3, -0.25) is 9.10 Å². The van der Waals surface area contributed by atoms with E-state index in [2.05, 4.69) is 0 Å². The second-order valence-corrected chi connectivity index (χ2v) is 7.49. The summed E-state index contributed by atoms with van der Waals surface area (Å²) >= 11 is 0. The highest BCUT2D eigenvalue weighted by atomic mass is 32.2. The van der Waals surface area contributed by atoms with Gasteiger partial charge in [0, 0.05) is 12.1 Å². The lowest BCUT2D eigenvalue weighted by Crippen LogP contribution is -2.34. The third-order valence-electron chi connectivity index (χ3n) is 3.60. The molecular weight excluding hydrogens is 412 g/mol. The second kappa shape index (κ2) is 7.82. The predicted octanol–water partition coefficient (Wildman–Crippen LogP) is 4.58. The molecule has 152 valence electrons. The summed E-state index contributed by atoms with van der Waals surface area (Å²) < 4.78 is 101. The molecule has 2 rings (SSSR count). The zero-order valence-corrected chi connectivity index (χ0v) is 14.8. The van der Waals surface area contributed by atoms with Crippen LogP contribution in [-0.4, -0.2) is 33.1 Å². The summed E-state index contributed by atoms with van der Waals surface area (Å²) in [4.78, 5) is 10.9. The highest BCUT2D eigenvalue weighted by molar-refractivity contribution is 7.92. The van der Waals surface area contributed by atoms with Crippen LogP contribution in [0, 0.1) is 0 Å². The average molecular weight is 425 g/mol. The van der Waals surface area contributed by atoms with Gasteiger partial charge in [-0.25, -0.2) is 8.42 Å². The Bertz CT molecular complexity index is 922. The number of halogens is 6. The molecule has 0 fully saturated rings. The molecule has 0 saturated heterocycles. The fourth-order valence-electron chi connectivity index (χ4n) is 2.28. The van der Waals surface area contributed by atoms with Crippen molar-refractivity contribution in [1.82, 2.24) is 0 Å². The van der Waals surface area contributed by atoms with Gasteiger partial charge in [-0.05, 0) is 36.4 Å². The van der Waals surface area contributed by atoms with E-state index in [0.29, 0.717) is 16.4 Å². The van der Waals surface area contributed by atoms with Gasteiger partial charge in [0.2, 0.25) is 0 Å². The maximum atomic E-state index is 12.7. The number of carbonyl (C=O) groups excluding carboxylic acids is 1. The molecule has 28 heavy (non-hydrogen) atoms. The first kappa shape index (κ1) is 21.7. The van der Waals surface area contributed by atoms with Crippen LogP contribution >= 0.6 is 0 Å². The molecule has 2 aromatic carbocycles. The molecule has 0 N–H and O–H groups in total. The highest BCUT2D eigenvalue weighted by Gasteiger charge is 2.39. The van der Waals surface area contributed by atoms with Crippen LogP contribution in [0.4, 0.5) is 32.0 Å². The van der Waals surface area contributed by atoms with E-state index in [9.17, 15) is 39.6 Å². The van der Waals surface area contributed by atoms with Crippen LogP contribution in [0.1, 0.15) is 16.8 Å². The molecule has 0 radical (unpaired) electrons. The average Bonchev–Trinajstić information content (AvgIpc) is 2.60. The van der Waals surface area contributed by atoms with Crippen molar-refractivity contribution in [2.75, 3.05) is 10.8 Å². The van der Waals surface area contributed by atoms with Crippen molar-refractivity contribution >= 4 is 21.5 Å². The zero-order chi connectivity index (χ0) is 21.2. The maximum absolute atomic E-state index is 12.7. The summed E-state index contributed by atoms with van der Waals surface area (Å²) in [5.74, 6) is -2.15. The Morgan fingerprint density at radius 1 is 0.857 bits per heavy atom. The number of ketones is 1. The monoisotopic (exact) mass is 425 g/mol. The lowest BCUT2D eigenvalue weighted by Gasteiger charge is -2.25. The minimum absolute atomic E-state index is 0.285. The fraction of sp³-hybridized carbons (Fsp3) is 0.235. The first-order chi connectivity index (χ1) is 12.8. The van der Waals surface area contributed by atoms with Gasteiger partial charge in [0.15, 0.2) is 0 Å². The van der Waals surface area contributed by atoms with Crippen molar-refractivity contribution in [3.63, 3.8) is 0 Å². The number of anilines is 1. The number of alkyl halides is 6. The van der Waals surface area contributed by atoms with Crippen LogP contribution in [0.5, 0.6) is 0 Å². The van der Waals surface area contributed by atoms with Gasteiger partial charge in [-0.1, -0.05) is 18.2 Å².